The zero-order valence-electron chi connectivity index (χ0n) is 19.1. The maximum absolute atomic E-state index is 13.3. The van der Waals surface area contributed by atoms with E-state index in [4.69, 9.17) is 4.74 Å². The summed E-state index contributed by atoms with van der Waals surface area (Å²) in [4.78, 5) is 26.1. The van der Waals surface area contributed by atoms with Crippen LogP contribution in [0.5, 0.6) is 0 Å². The minimum absolute atomic E-state index is 0.0448. The number of ether oxygens (including phenoxy) is 1. The number of rotatable bonds is 6. The van der Waals surface area contributed by atoms with Gasteiger partial charge in [0.05, 0.1) is 5.52 Å². The van der Waals surface area contributed by atoms with Crippen LogP contribution in [0.15, 0.2) is 72.8 Å². The van der Waals surface area contributed by atoms with E-state index in [1.54, 1.807) is 12.1 Å². The Balaban J connectivity index is 1.32. The zero-order valence-corrected chi connectivity index (χ0v) is 19.1. The van der Waals surface area contributed by atoms with Crippen LogP contribution in [0.3, 0.4) is 0 Å². The average molecular weight is 455 g/mol. The number of carbonyl (C=O) groups excluding carboxylic acids is 2. The van der Waals surface area contributed by atoms with Gasteiger partial charge in [-0.1, -0.05) is 79.7 Å². The minimum atomic E-state index is -0.777. The van der Waals surface area contributed by atoms with Crippen LogP contribution in [0, 0.1) is 5.92 Å². The minimum Gasteiger partial charge on any atom is -0.449 e. The molecule has 0 saturated carbocycles. The molecule has 1 N–H and O–H groups in total. The highest BCUT2D eigenvalue weighted by Gasteiger charge is 2.30. The van der Waals surface area contributed by atoms with Crippen LogP contribution in [0.1, 0.15) is 42.1 Å². The average Bonchev–Trinajstić information content (AvgIpc) is 3.41. The largest absolute Gasteiger partial charge is 0.449 e. The van der Waals surface area contributed by atoms with Gasteiger partial charge in [-0.05, 0) is 46.7 Å². The topological polar surface area (TPSA) is 86.1 Å². The first-order chi connectivity index (χ1) is 16.5. The summed E-state index contributed by atoms with van der Waals surface area (Å²) in [7, 11) is 0. The van der Waals surface area contributed by atoms with E-state index in [0.29, 0.717) is 17.5 Å². The molecule has 0 saturated heterocycles. The van der Waals surface area contributed by atoms with Gasteiger partial charge in [-0.25, -0.2) is 4.79 Å². The summed E-state index contributed by atoms with van der Waals surface area (Å²) in [5.74, 6) is -0.204. The quantitative estimate of drug-likeness (QED) is 0.442. The predicted octanol–water partition coefficient (Wildman–Crippen LogP) is 5.02. The van der Waals surface area contributed by atoms with Crippen molar-refractivity contribution in [3.8, 4) is 11.1 Å². The molecule has 1 heterocycles. The van der Waals surface area contributed by atoms with E-state index in [9.17, 15) is 9.59 Å². The lowest BCUT2D eigenvalue weighted by Crippen LogP contribution is -2.44. The monoisotopic (exact) mass is 454 g/mol. The Hall–Kier alpha value is -4.00. The van der Waals surface area contributed by atoms with Gasteiger partial charge in [-0.2, -0.15) is 4.68 Å². The van der Waals surface area contributed by atoms with Crippen molar-refractivity contribution in [3.05, 3.63) is 83.9 Å². The number of aromatic nitrogens is 3. The fourth-order valence-electron chi connectivity index (χ4n) is 4.65. The Bertz CT molecular complexity index is 1320. The van der Waals surface area contributed by atoms with E-state index < -0.39 is 12.1 Å². The van der Waals surface area contributed by atoms with Crippen LogP contribution >= 0.6 is 0 Å². The number of benzene rings is 3. The van der Waals surface area contributed by atoms with Crippen LogP contribution in [-0.4, -0.2) is 39.6 Å². The van der Waals surface area contributed by atoms with Crippen LogP contribution in [0.4, 0.5) is 4.79 Å². The van der Waals surface area contributed by atoms with E-state index in [0.717, 1.165) is 22.3 Å². The van der Waals surface area contributed by atoms with Gasteiger partial charge in [0.1, 0.15) is 18.2 Å². The summed E-state index contributed by atoms with van der Waals surface area (Å²) in [6.07, 6.45) is -0.165. The van der Waals surface area contributed by atoms with Gasteiger partial charge >= 0.3 is 6.09 Å². The van der Waals surface area contributed by atoms with Crippen LogP contribution in [-0.2, 0) is 4.74 Å². The summed E-state index contributed by atoms with van der Waals surface area (Å²) in [6, 6.07) is 22.8. The molecule has 1 aromatic heterocycles. The zero-order chi connectivity index (χ0) is 23.7. The van der Waals surface area contributed by atoms with E-state index >= 15 is 0 Å². The fraction of sp³-hybridized carbons (Fsp3) is 0.259. The molecule has 1 aliphatic carbocycles. The third-order valence-corrected chi connectivity index (χ3v) is 6.20. The van der Waals surface area contributed by atoms with Crippen molar-refractivity contribution in [2.75, 3.05) is 6.61 Å². The molecule has 1 amide bonds. The van der Waals surface area contributed by atoms with Gasteiger partial charge in [0.2, 0.25) is 0 Å². The molecule has 34 heavy (non-hydrogen) atoms. The number of carbonyl (C=O) groups is 2. The Morgan fingerprint density at radius 3 is 2.24 bits per heavy atom. The normalized spacial score (nSPS) is 13.5. The van der Waals surface area contributed by atoms with Crippen molar-refractivity contribution in [3.63, 3.8) is 0 Å². The summed E-state index contributed by atoms with van der Waals surface area (Å²) in [5, 5.41) is 10.8. The summed E-state index contributed by atoms with van der Waals surface area (Å²) < 4.78 is 6.92. The molecule has 7 heteroatoms. The second-order valence-electron chi connectivity index (χ2n) is 8.98. The van der Waals surface area contributed by atoms with Crippen molar-refractivity contribution in [2.24, 2.45) is 5.92 Å². The van der Waals surface area contributed by atoms with Crippen LogP contribution in [0.2, 0.25) is 0 Å². The molecule has 1 atom stereocenters. The predicted molar refractivity (Wildman–Crippen MR) is 130 cm³/mol. The Morgan fingerprint density at radius 2 is 1.56 bits per heavy atom. The molecule has 5 rings (SSSR count). The van der Waals surface area contributed by atoms with Crippen LogP contribution in [0.25, 0.3) is 22.2 Å². The summed E-state index contributed by atoms with van der Waals surface area (Å²) in [5.41, 5.74) is 5.84. The number of nitrogens with one attached hydrogen (secondary N) is 1. The molecule has 0 bridgehead atoms. The van der Waals surface area contributed by atoms with Crippen molar-refractivity contribution < 1.29 is 14.3 Å². The van der Waals surface area contributed by atoms with Gasteiger partial charge < -0.3 is 10.1 Å². The highest BCUT2D eigenvalue weighted by atomic mass is 16.5. The molecule has 172 valence electrons. The van der Waals surface area contributed by atoms with Gasteiger partial charge in [0.15, 0.2) is 0 Å². The highest BCUT2D eigenvalue weighted by Crippen LogP contribution is 2.44. The molecule has 4 aromatic rings. The van der Waals surface area contributed by atoms with Gasteiger partial charge in [-0.3, -0.25) is 4.79 Å². The lowest BCUT2D eigenvalue weighted by Gasteiger charge is -2.20. The third kappa shape index (κ3) is 4.05. The molecule has 0 unspecified atom stereocenters. The highest BCUT2D eigenvalue weighted by molar-refractivity contribution is 5.93. The Labute approximate surface area is 197 Å². The maximum atomic E-state index is 13.3. The van der Waals surface area contributed by atoms with Crippen molar-refractivity contribution in [1.29, 1.82) is 0 Å². The van der Waals surface area contributed by atoms with E-state index in [-0.39, 0.29) is 24.3 Å². The first kappa shape index (κ1) is 21.8. The number of amides is 1. The molecule has 0 spiro atoms. The van der Waals surface area contributed by atoms with E-state index in [1.807, 2.05) is 50.2 Å². The number of para-hydroxylation sites is 1. The number of fused-ring (bicyclic) bond motifs is 4. The molecule has 7 nitrogen and oxygen atoms in total. The van der Waals surface area contributed by atoms with Crippen molar-refractivity contribution >= 4 is 23.0 Å². The standard InChI is InChI=1S/C27H26N4O3/c1-17(2)15-24(26(32)31-25-14-8-7-13-23(25)29-30-31)28-27(33)34-16-22-20-11-5-3-9-18(20)19-10-4-6-12-21(19)22/h3-14,17,22,24H,15-16H2,1-2H3,(H,28,33)/t24-/m0/s1. The van der Waals surface area contributed by atoms with Crippen molar-refractivity contribution in [1.82, 2.24) is 20.3 Å². The van der Waals surface area contributed by atoms with Crippen LogP contribution < -0.4 is 5.32 Å². The third-order valence-electron chi connectivity index (χ3n) is 6.20. The number of nitrogens with zero attached hydrogens (tertiary/aromatic N) is 3. The number of hydrogen-bond donors (Lipinski definition) is 1. The molecular formula is C27H26N4O3. The Morgan fingerprint density at radius 1 is 0.941 bits per heavy atom. The van der Waals surface area contributed by atoms with Gasteiger partial charge in [-0.15, -0.1) is 5.10 Å². The second-order valence-corrected chi connectivity index (χ2v) is 8.98. The summed E-state index contributed by atoms with van der Waals surface area (Å²) in [6.45, 7) is 4.19. The van der Waals surface area contributed by atoms with E-state index in [1.165, 1.54) is 4.68 Å². The molecule has 0 radical (unpaired) electrons. The van der Waals surface area contributed by atoms with Gasteiger partial charge in [0.25, 0.3) is 5.91 Å². The van der Waals surface area contributed by atoms with E-state index in [2.05, 4.69) is 39.9 Å². The first-order valence-corrected chi connectivity index (χ1v) is 11.5. The molecular weight excluding hydrogens is 428 g/mol. The fourth-order valence-corrected chi connectivity index (χ4v) is 4.65. The maximum Gasteiger partial charge on any atom is 0.407 e. The molecule has 0 aliphatic heterocycles. The lowest BCUT2D eigenvalue weighted by molar-refractivity contribution is 0.0811. The van der Waals surface area contributed by atoms with Gasteiger partial charge in [0, 0.05) is 5.92 Å². The smallest absolute Gasteiger partial charge is 0.407 e. The number of hydrogen-bond acceptors (Lipinski definition) is 5. The number of alkyl carbamates (subject to hydrolysis) is 1. The second kappa shape index (κ2) is 9.09. The lowest BCUT2D eigenvalue weighted by atomic mass is 9.98. The summed E-state index contributed by atoms with van der Waals surface area (Å²) >= 11 is 0. The SMILES string of the molecule is CC(C)C[C@H](NC(=O)OCC1c2ccccc2-c2ccccc21)C(=O)n1nnc2ccccc21. The first-order valence-electron chi connectivity index (χ1n) is 11.5. The molecule has 3 aromatic carbocycles. The molecule has 1 aliphatic rings. The molecule has 0 fully saturated rings. The Kier molecular flexibility index (Phi) is 5.84. The van der Waals surface area contributed by atoms with Crippen molar-refractivity contribution in [2.45, 2.75) is 32.2 Å².